The molecule has 1 aliphatic rings. The number of nitrogens with one attached hydrogen (secondary N) is 1. The Bertz CT molecular complexity index is 396. The fraction of sp³-hybridized carbons (Fsp3) is 0.562. The highest BCUT2D eigenvalue weighted by Crippen LogP contribution is 2.26. The predicted octanol–water partition coefficient (Wildman–Crippen LogP) is 3.62. The molecule has 0 radical (unpaired) electrons. The highest BCUT2D eigenvalue weighted by Gasteiger charge is 2.19. The molecule has 1 saturated carbocycles. The molecule has 1 aromatic rings. The Morgan fingerprint density at radius 3 is 2.50 bits per heavy atom. The molecule has 2 nitrogen and oxygen atoms in total. The van der Waals surface area contributed by atoms with Crippen molar-refractivity contribution >= 4 is 0 Å². The Hall–Kier alpha value is -1.33. The Balaban J connectivity index is 1.81. The Morgan fingerprint density at radius 1 is 1.22 bits per heavy atom. The minimum absolute atomic E-state index is 0.598. The molecule has 0 aliphatic heterocycles. The molecule has 0 bridgehead atoms. The van der Waals surface area contributed by atoms with E-state index in [4.69, 9.17) is 5.26 Å². The highest BCUT2D eigenvalue weighted by atomic mass is 14.9. The van der Waals surface area contributed by atoms with E-state index in [-0.39, 0.29) is 0 Å². The number of benzene rings is 1. The monoisotopic (exact) mass is 242 g/mol. The van der Waals surface area contributed by atoms with Gasteiger partial charge in [0.25, 0.3) is 0 Å². The lowest BCUT2D eigenvalue weighted by atomic mass is 9.84. The van der Waals surface area contributed by atoms with Crippen molar-refractivity contribution in [2.24, 2.45) is 5.92 Å². The van der Waals surface area contributed by atoms with Crippen LogP contribution < -0.4 is 5.32 Å². The summed E-state index contributed by atoms with van der Waals surface area (Å²) < 4.78 is 0. The molecule has 0 spiro atoms. The zero-order valence-electron chi connectivity index (χ0n) is 11.2. The summed E-state index contributed by atoms with van der Waals surface area (Å²) in [5, 5.41) is 12.4. The van der Waals surface area contributed by atoms with Gasteiger partial charge >= 0.3 is 0 Å². The van der Waals surface area contributed by atoms with Gasteiger partial charge < -0.3 is 5.32 Å². The number of nitriles is 1. The summed E-state index contributed by atoms with van der Waals surface area (Å²) in [5.74, 6) is 0.845. The fourth-order valence-electron chi connectivity index (χ4n) is 2.78. The molecule has 0 amide bonds. The summed E-state index contributed by atoms with van der Waals surface area (Å²) in [4.78, 5) is 0. The smallest absolute Gasteiger partial charge is 0.0991 e. The minimum Gasteiger partial charge on any atom is -0.310 e. The SMILES string of the molecule is CC(NCc1ccc(C#N)cc1)C1CCCCC1. The molecule has 18 heavy (non-hydrogen) atoms. The van der Waals surface area contributed by atoms with E-state index in [0.717, 1.165) is 18.0 Å². The van der Waals surface area contributed by atoms with E-state index in [0.29, 0.717) is 6.04 Å². The van der Waals surface area contributed by atoms with E-state index in [1.165, 1.54) is 37.7 Å². The number of hydrogen-bond donors (Lipinski definition) is 1. The van der Waals surface area contributed by atoms with Crippen LogP contribution in [0.25, 0.3) is 0 Å². The van der Waals surface area contributed by atoms with Crippen LogP contribution in [0.3, 0.4) is 0 Å². The van der Waals surface area contributed by atoms with Gasteiger partial charge in [0.2, 0.25) is 0 Å². The second kappa shape index (κ2) is 6.56. The Morgan fingerprint density at radius 2 is 1.89 bits per heavy atom. The van der Waals surface area contributed by atoms with E-state index >= 15 is 0 Å². The molecular weight excluding hydrogens is 220 g/mol. The first-order valence-electron chi connectivity index (χ1n) is 7.02. The molecule has 1 N–H and O–H groups in total. The fourth-order valence-corrected chi connectivity index (χ4v) is 2.78. The third kappa shape index (κ3) is 3.58. The number of nitrogens with zero attached hydrogens (tertiary/aromatic N) is 1. The summed E-state index contributed by atoms with van der Waals surface area (Å²) in [6.07, 6.45) is 6.96. The van der Waals surface area contributed by atoms with Gasteiger partial charge in [-0.25, -0.2) is 0 Å². The maximum atomic E-state index is 8.75. The molecule has 1 unspecified atom stereocenters. The zero-order valence-corrected chi connectivity index (χ0v) is 11.2. The second-order valence-electron chi connectivity index (χ2n) is 5.38. The maximum absolute atomic E-state index is 8.75. The second-order valence-corrected chi connectivity index (χ2v) is 5.38. The van der Waals surface area contributed by atoms with E-state index < -0.39 is 0 Å². The summed E-state index contributed by atoms with van der Waals surface area (Å²) in [5.41, 5.74) is 2.00. The highest BCUT2D eigenvalue weighted by molar-refractivity contribution is 5.31. The summed E-state index contributed by atoms with van der Waals surface area (Å²) in [6.45, 7) is 3.21. The van der Waals surface area contributed by atoms with Crippen LogP contribution in [0.1, 0.15) is 50.2 Å². The first kappa shape index (κ1) is 13.1. The van der Waals surface area contributed by atoms with Crippen molar-refractivity contribution in [1.29, 1.82) is 5.26 Å². The third-order valence-corrected chi connectivity index (χ3v) is 4.07. The van der Waals surface area contributed by atoms with Crippen molar-refractivity contribution in [3.8, 4) is 6.07 Å². The molecule has 1 aliphatic carbocycles. The zero-order chi connectivity index (χ0) is 12.8. The van der Waals surface area contributed by atoms with Gasteiger partial charge in [-0.15, -0.1) is 0 Å². The Labute approximate surface area is 110 Å². The van der Waals surface area contributed by atoms with Crippen molar-refractivity contribution in [1.82, 2.24) is 5.32 Å². The average molecular weight is 242 g/mol. The van der Waals surface area contributed by atoms with Crippen LogP contribution >= 0.6 is 0 Å². The van der Waals surface area contributed by atoms with Crippen molar-refractivity contribution in [2.75, 3.05) is 0 Å². The van der Waals surface area contributed by atoms with Crippen LogP contribution in [0, 0.1) is 17.2 Å². The lowest BCUT2D eigenvalue weighted by molar-refractivity contribution is 0.280. The van der Waals surface area contributed by atoms with Crippen molar-refractivity contribution in [2.45, 2.75) is 51.6 Å². The lowest BCUT2D eigenvalue weighted by Crippen LogP contribution is -2.34. The minimum atomic E-state index is 0.598. The van der Waals surface area contributed by atoms with Crippen LogP contribution in [-0.2, 0) is 6.54 Å². The van der Waals surface area contributed by atoms with Crippen LogP contribution in [0.15, 0.2) is 24.3 Å². The van der Waals surface area contributed by atoms with E-state index in [9.17, 15) is 0 Å². The molecule has 2 heteroatoms. The standard InChI is InChI=1S/C16H22N2/c1-13(16-5-3-2-4-6-16)18-12-15-9-7-14(11-17)8-10-15/h7-10,13,16,18H,2-6,12H2,1H3. The molecule has 0 heterocycles. The van der Waals surface area contributed by atoms with Gasteiger partial charge in [-0.1, -0.05) is 31.4 Å². The van der Waals surface area contributed by atoms with Crippen LogP contribution in [0.4, 0.5) is 0 Å². The van der Waals surface area contributed by atoms with Crippen molar-refractivity contribution < 1.29 is 0 Å². The molecule has 2 rings (SSSR count). The van der Waals surface area contributed by atoms with Gasteiger partial charge in [0.1, 0.15) is 0 Å². The largest absolute Gasteiger partial charge is 0.310 e. The van der Waals surface area contributed by atoms with E-state index in [1.54, 1.807) is 0 Å². The van der Waals surface area contributed by atoms with Crippen LogP contribution in [0.2, 0.25) is 0 Å². The molecule has 96 valence electrons. The normalized spacial score (nSPS) is 18.2. The van der Waals surface area contributed by atoms with Gasteiger partial charge in [-0.3, -0.25) is 0 Å². The quantitative estimate of drug-likeness (QED) is 0.875. The number of hydrogen-bond acceptors (Lipinski definition) is 2. The van der Waals surface area contributed by atoms with Gasteiger partial charge in [0.15, 0.2) is 0 Å². The van der Waals surface area contributed by atoms with Crippen LogP contribution in [0.5, 0.6) is 0 Å². The lowest BCUT2D eigenvalue weighted by Gasteiger charge is -2.28. The molecule has 1 atom stereocenters. The molecule has 1 aromatic carbocycles. The first-order chi connectivity index (χ1) is 8.79. The van der Waals surface area contributed by atoms with Gasteiger partial charge in [0, 0.05) is 12.6 Å². The predicted molar refractivity (Wildman–Crippen MR) is 74.0 cm³/mol. The first-order valence-corrected chi connectivity index (χ1v) is 7.02. The van der Waals surface area contributed by atoms with E-state index in [1.807, 2.05) is 24.3 Å². The average Bonchev–Trinajstić information content (AvgIpc) is 2.46. The molecule has 0 aromatic heterocycles. The molecule has 0 saturated heterocycles. The Kier molecular flexibility index (Phi) is 4.78. The van der Waals surface area contributed by atoms with Gasteiger partial charge in [-0.2, -0.15) is 5.26 Å². The van der Waals surface area contributed by atoms with Gasteiger partial charge in [-0.05, 0) is 43.4 Å². The van der Waals surface area contributed by atoms with Crippen LogP contribution in [-0.4, -0.2) is 6.04 Å². The summed E-state index contributed by atoms with van der Waals surface area (Å²) >= 11 is 0. The summed E-state index contributed by atoms with van der Waals surface area (Å²) in [6, 6.07) is 10.6. The molecule has 1 fully saturated rings. The molecular formula is C16H22N2. The van der Waals surface area contributed by atoms with Gasteiger partial charge in [0.05, 0.1) is 11.6 Å². The third-order valence-electron chi connectivity index (χ3n) is 4.07. The van der Waals surface area contributed by atoms with E-state index in [2.05, 4.69) is 18.3 Å². The van der Waals surface area contributed by atoms with Crippen molar-refractivity contribution in [3.63, 3.8) is 0 Å². The topological polar surface area (TPSA) is 35.8 Å². The maximum Gasteiger partial charge on any atom is 0.0991 e. The van der Waals surface area contributed by atoms with Crippen molar-refractivity contribution in [3.05, 3.63) is 35.4 Å². The summed E-state index contributed by atoms with van der Waals surface area (Å²) in [7, 11) is 0. The number of rotatable bonds is 4.